The number of hydrogen-bond donors (Lipinski definition) is 2. The molecule has 1 amide bonds. The number of rotatable bonds is 8. The molecule has 12 nitrogen and oxygen atoms in total. The Morgan fingerprint density at radius 1 is 1.02 bits per heavy atom. The molecule has 5 rings (SSSR count). The van der Waals surface area contributed by atoms with Crippen LogP contribution < -0.4 is 10.1 Å². The number of benzene rings is 2. The molecule has 0 saturated carbocycles. The first kappa shape index (κ1) is 28.1. The number of sulfonamides is 1. The summed E-state index contributed by atoms with van der Waals surface area (Å²) in [4.78, 5) is 24.4. The number of carboxylic acid groups (broad SMARTS) is 1. The van der Waals surface area contributed by atoms with Gasteiger partial charge in [0.1, 0.15) is 10.6 Å². The van der Waals surface area contributed by atoms with Gasteiger partial charge in [0, 0.05) is 24.3 Å². The number of ether oxygens (including phenoxy) is 2. The van der Waals surface area contributed by atoms with Crippen LogP contribution in [-0.4, -0.2) is 65.8 Å². The van der Waals surface area contributed by atoms with Crippen LogP contribution in [0.25, 0.3) is 5.69 Å². The minimum atomic E-state index is -4.13. The molecular weight excluding hydrogens is 552 g/mol. The highest BCUT2D eigenvalue weighted by Gasteiger charge is 2.32. The van der Waals surface area contributed by atoms with Crippen molar-refractivity contribution in [3.8, 4) is 17.3 Å². The molecular formula is C28H28N4O8S. The molecule has 0 spiro atoms. The molecule has 0 unspecified atom stereocenters. The summed E-state index contributed by atoms with van der Waals surface area (Å²) in [5.41, 5.74) is 2.54. The molecule has 2 N–H and O–H groups in total. The van der Waals surface area contributed by atoms with Gasteiger partial charge >= 0.3 is 5.97 Å². The second kappa shape index (κ2) is 11.2. The van der Waals surface area contributed by atoms with Crippen LogP contribution >= 0.6 is 0 Å². The number of amides is 1. The van der Waals surface area contributed by atoms with E-state index in [2.05, 4.69) is 10.4 Å². The monoisotopic (exact) mass is 580 g/mol. The molecule has 4 aromatic rings. The summed E-state index contributed by atoms with van der Waals surface area (Å²) in [7, 11) is -4.13. The minimum Gasteiger partial charge on any atom is -0.476 e. The third-order valence-electron chi connectivity index (χ3n) is 6.82. The van der Waals surface area contributed by atoms with Crippen molar-refractivity contribution in [3.63, 3.8) is 0 Å². The molecule has 214 valence electrons. The van der Waals surface area contributed by atoms with Gasteiger partial charge in [-0.1, -0.05) is 12.1 Å². The number of nitrogens with one attached hydrogen (secondary N) is 1. The maximum Gasteiger partial charge on any atom is 0.356 e. The summed E-state index contributed by atoms with van der Waals surface area (Å²) in [5.74, 6) is -1.79. The Morgan fingerprint density at radius 2 is 1.78 bits per heavy atom. The van der Waals surface area contributed by atoms with Crippen LogP contribution in [0.15, 0.2) is 64.1 Å². The van der Waals surface area contributed by atoms with E-state index in [1.165, 1.54) is 39.5 Å². The molecule has 2 aromatic heterocycles. The number of carbonyl (C=O) groups excluding carboxylic acids is 1. The zero-order chi connectivity index (χ0) is 29.3. The van der Waals surface area contributed by atoms with E-state index in [4.69, 9.17) is 13.9 Å². The molecule has 0 atom stereocenters. The summed E-state index contributed by atoms with van der Waals surface area (Å²) < 4.78 is 47.0. The van der Waals surface area contributed by atoms with Crippen molar-refractivity contribution in [2.75, 3.05) is 31.6 Å². The first-order valence-corrected chi connectivity index (χ1v) is 14.2. The summed E-state index contributed by atoms with van der Waals surface area (Å²) in [5, 5.41) is 16.7. The van der Waals surface area contributed by atoms with E-state index in [-0.39, 0.29) is 65.5 Å². The molecule has 41 heavy (non-hydrogen) atoms. The summed E-state index contributed by atoms with van der Waals surface area (Å²) in [6.45, 7) is 6.05. The zero-order valence-electron chi connectivity index (χ0n) is 22.6. The van der Waals surface area contributed by atoms with Gasteiger partial charge in [0.15, 0.2) is 11.5 Å². The predicted molar refractivity (Wildman–Crippen MR) is 147 cm³/mol. The van der Waals surface area contributed by atoms with Crippen LogP contribution in [0.1, 0.15) is 37.7 Å². The lowest BCUT2D eigenvalue weighted by atomic mass is 10.1. The molecule has 1 saturated heterocycles. The second-order valence-electron chi connectivity index (χ2n) is 9.43. The SMILES string of the molecule is Cc1cccc(-n2nc(C(=O)O)c(C)c2Oc2ccc(NC(=O)c3ccco3)cc2S(=O)(=O)N2CCOCC2)c1C. The van der Waals surface area contributed by atoms with Crippen molar-refractivity contribution in [2.24, 2.45) is 0 Å². The van der Waals surface area contributed by atoms with Crippen molar-refractivity contribution in [1.29, 1.82) is 0 Å². The Balaban J connectivity index is 1.63. The van der Waals surface area contributed by atoms with Crippen LogP contribution in [0.3, 0.4) is 0 Å². The van der Waals surface area contributed by atoms with Crippen LogP contribution in [0.2, 0.25) is 0 Å². The third-order valence-corrected chi connectivity index (χ3v) is 8.74. The number of aromatic nitrogens is 2. The van der Waals surface area contributed by atoms with Gasteiger partial charge in [-0.15, -0.1) is 0 Å². The number of aryl methyl sites for hydroxylation is 1. The van der Waals surface area contributed by atoms with E-state index in [9.17, 15) is 23.1 Å². The maximum absolute atomic E-state index is 13.9. The van der Waals surface area contributed by atoms with Gasteiger partial charge in [-0.2, -0.15) is 14.1 Å². The molecule has 3 heterocycles. The van der Waals surface area contributed by atoms with Crippen molar-refractivity contribution < 1.29 is 37.0 Å². The summed E-state index contributed by atoms with van der Waals surface area (Å²) in [6.07, 6.45) is 1.35. The highest BCUT2D eigenvalue weighted by atomic mass is 32.2. The number of carboxylic acids is 1. The Hall–Kier alpha value is -4.46. The fraction of sp³-hybridized carbons (Fsp3) is 0.250. The van der Waals surface area contributed by atoms with Gasteiger partial charge in [0.25, 0.3) is 5.91 Å². The lowest BCUT2D eigenvalue weighted by molar-refractivity contribution is 0.0689. The zero-order valence-corrected chi connectivity index (χ0v) is 23.4. The lowest BCUT2D eigenvalue weighted by Gasteiger charge is -2.27. The molecule has 1 aliphatic rings. The fourth-order valence-electron chi connectivity index (χ4n) is 4.43. The highest BCUT2D eigenvalue weighted by Crippen LogP contribution is 2.37. The van der Waals surface area contributed by atoms with E-state index >= 15 is 0 Å². The number of nitrogens with zero attached hydrogens (tertiary/aromatic N) is 3. The molecule has 0 aliphatic carbocycles. The quantitative estimate of drug-likeness (QED) is 0.313. The number of furan rings is 1. The summed E-state index contributed by atoms with van der Waals surface area (Å²) in [6, 6.07) is 12.7. The highest BCUT2D eigenvalue weighted by molar-refractivity contribution is 7.89. The van der Waals surface area contributed by atoms with Crippen LogP contribution in [0.4, 0.5) is 5.69 Å². The van der Waals surface area contributed by atoms with E-state index < -0.39 is 21.9 Å². The van der Waals surface area contributed by atoms with Crippen LogP contribution in [0.5, 0.6) is 11.6 Å². The number of aromatic carboxylic acids is 1. The number of morpholine rings is 1. The average Bonchev–Trinajstić information content (AvgIpc) is 3.61. The Morgan fingerprint density at radius 3 is 2.46 bits per heavy atom. The van der Waals surface area contributed by atoms with Gasteiger partial charge < -0.3 is 24.3 Å². The molecule has 13 heteroatoms. The van der Waals surface area contributed by atoms with Crippen LogP contribution in [-0.2, 0) is 14.8 Å². The minimum absolute atomic E-state index is 0.0434. The van der Waals surface area contributed by atoms with E-state index in [0.29, 0.717) is 5.69 Å². The Kier molecular flexibility index (Phi) is 7.67. The maximum atomic E-state index is 13.9. The lowest BCUT2D eigenvalue weighted by Crippen LogP contribution is -2.40. The standard InChI is InChI=1S/C28H28N4O8S/c1-17-6-4-7-21(18(17)2)32-27(19(3)25(30-32)28(34)35)40-22-10-9-20(29-26(33)23-8-5-13-39-23)16-24(22)41(36,37)31-11-14-38-15-12-31/h4-10,13,16H,11-12,14-15H2,1-3H3,(H,29,33)(H,34,35). The van der Waals surface area contributed by atoms with Gasteiger partial charge in [-0.25, -0.2) is 13.2 Å². The number of hydrogen-bond acceptors (Lipinski definition) is 8. The van der Waals surface area contributed by atoms with Crippen molar-refractivity contribution in [1.82, 2.24) is 14.1 Å². The topological polar surface area (TPSA) is 153 Å². The van der Waals surface area contributed by atoms with Gasteiger partial charge in [-0.05, 0) is 68.3 Å². The molecule has 1 aliphatic heterocycles. The fourth-order valence-corrected chi connectivity index (χ4v) is 5.98. The molecule has 2 aromatic carbocycles. The average molecular weight is 581 g/mol. The van der Waals surface area contributed by atoms with E-state index in [1.54, 1.807) is 19.1 Å². The molecule has 0 bridgehead atoms. The van der Waals surface area contributed by atoms with Gasteiger partial charge in [0.05, 0.1) is 25.2 Å². The first-order chi connectivity index (χ1) is 19.6. The van der Waals surface area contributed by atoms with Crippen LogP contribution in [0, 0.1) is 20.8 Å². The Labute approximate surface area is 236 Å². The van der Waals surface area contributed by atoms with Gasteiger partial charge in [-0.3, -0.25) is 4.79 Å². The molecule has 0 radical (unpaired) electrons. The largest absolute Gasteiger partial charge is 0.476 e. The predicted octanol–water partition coefficient (Wildman–Crippen LogP) is 4.15. The van der Waals surface area contributed by atoms with Crippen molar-refractivity contribution in [2.45, 2.75) is 25.7 Å². The molecule has 1 fully saturated rings. The summed E-state index contributed by atoms with van der Waals surface area (Å²) >= 11 is 0. The van der Waals surface area contributed by atoms with Gasteiger partial charge in [0.2, 0.25) is 15.9 Å². The van der Waals surface area contributed by atoms with E-state index in [0.717, 1.165) is 11.1 Å². The normalized spacial score (nSPS) is 14.1. The van der Waals surface area contributed by atoms with Crippen molar-refractivity contribution in [3.05, 3.63) is 82.9 Å². The van der Waals surface area contributed by atoms with Crippen molar-refractivity contribution >= 4 is 27.6 Å². The number of carbonyl (C=O) groups is 2. The van der Waals surface area contributed by atoms with E-state index in [1.807, 2.05) is 26.0 Å². The smallest absolute Gasteiger partial charge is 0.356 e. The first-order valence-electron chi connectivity index (χ1n) is 12.7. The second-order valence-corrected chi connectivity index (χ2v) is 11.3. The third kappa shape index (κ3) is 5.46. The Bertz CT molecular complexity index is 1720. The number of anilines is 1.